The number of ketones is 1. The Morgan fingerprint density at radius 2 is 2.06 bits per heavy atom. The molecule has 0 amide bonds. The third kappa shape index (κ3) is 2.67. The van der Waals surface area contributed by atoms with Crippen LogP contribution in [0, 0.1) is 0 Å². The minimum Gasteiger partial charge on any atom is -0.358 e. The van der Waals surface area contributed by atoms with E-state index in [1.165, 1.54) is 4.90 Å². The van der Waals surface area contributed by atoms with E-state index in [4.69, 9.17) is 0 Å². The number of carbonyl (C=O) groups is 1. The molecular weight excluding hydrogens is 218 g/mol. The van der Waals surface area contributed by atoms with E-state index in [-0.39, 0.29) is 5.78 Å². The summed E-state index contributed by atoms with van der Waals surface area (Å²) in [5, 5.41) is 3.35. The first-order valence-electron chi connectivity index (χ1n) is 5.43. The molecule has 1 aliphatic rings. The lowest BCUT2D eigenvalue weighted by atomic mass is 10.0. The Morgan fingerprint density at radius 1 is 1.25 bits per heavy atom. The number of benzene rings is 1. The molecule has 0 spiro atoms. The van der Waals surface area contributed by atoms with Gasteiger partial charge in [0.15, 0.2) is 5.78 Å². The van der Waals surface area contributed by atoms with Crippen LogP contribution in [0.1, 0.15) is 19.3 Å². The average Bonchev–Trinajstić information content (AvgIpc) is 2.30. The van der Waals surface area contributed by atoms with Crippen molar-refractivity contribution >= 4 is 23.2 Å². The van der Waals surface area contributed by atoms with Gasteiger partial charge in [0.25, 0.3) is 0 Å². The van der Waals surface area contributed by atoms with E-state index < -0.39 is 0 Å². The summed E-state index contributed by atoms with van der Waals surface area (Å²) in [6.07, 6.45) is 6.41. The Morgan fingerprint density at radius 3 is 2.81 bits per heavy atom. The predicted molar refractivity (Wildman–Crippen MR) is 68.8 cm³/mol. The molecule has 0 radical (unpaired) electrons. The number of anilines is 1. The van der Waals surface area contributed by atoms with Crippen LogP contribution in [0.4, 0.5) is 5.69 Å². The van der Waals surface area contributed by atoms with Gasteiger partial charge in [-0.05, 0) is 31.2 Å². The summed E-state index contributed by atoms with van der Waals surface area (Å²) in [6, 6.07) is 8.16. The van der Waals surface area contributed by atoms with Crippen LogP contribution in [0.3, 0.4) is 0 Å². The monoisotopic (exact) mass is 233 g/mol. The number of carbonyl (C=O) groups excluding carboxylic acids is 1. The minimum absolute atomic E-state index is 0.232. The van der Waals surface area contributed by atoms with Gasteiger partial charge in [-0.2, -0.15) is 0 Å². The fourth-order valence-electron chi connectivity index (χ4n) is 1.81. The molecule has 0 unspecified atom stereocenters. The van der Waals surface area contributed by atoms with Crippen LogP contribution in [-0.4, -0.2) is 12.0 Å². The van der Waals surface area contributed by atoms with Crippen molar-refractivity contribution in [1.82, 2.24) is 0 Å². The van der Waals surface area contributed by atoms with E-state index >= 15 is 0 Å². The fraction of sp³-hybridized carbons (Fsp3) is 0.308. The summed E-state index contributed by atoms with van der Waals surface area (Å²) in [6.45, 7) is 0. The third-order valence-corrected chi connectivity index (χ3v) is 3.40. The first-order valence-corrected chi connectivity index (χ1v) is 6.65. The van der Waals surface area contributed by atoms with Crippen LogP contribution in [0.5, 0.6) is 0 Å². The molecule has 1 aromatic carbocycles. The Bertz CT molecular complexity index is 426. The lowest BCUT2D eigenvalue weighted by molar-refractivity contribution is -0.115. The van der Waals surface area contributed by atoms with Crippen LogP contribution < -0.4 is 5.32 Å². The van der Waals surface area contributed by atoms with Crippen LogP contribution in [-0.2, 0) is 4.79 Å². The zero-order valence-corrected chi connectivity index (χ0v) is 10.1. The van der Waals surface area contributed by atoms with Crippen molar-refractivity contribution in [2.45, 2.75) is 24.2 Å². The summed E-state index contributed by atoms with van der Waals surface area (Å²) in [7, 11) is 0. The van der Waals surface area contributed by atoms with Gasteiger partial charge in [-0.1, -0.05) is 12.1 Å². The molecule has 1 aliphatic carbocycles. The van der Waals surface area contributed by atoms with E-state index in [2.05, 4.69) is 17.6 Å². The number of allylic oxidation sites excluding steroid dienone is 2. The first kappa shape index (κ1) is 11.3. The summed E-state index contributed by atoms with van der Waals surface area (Å²) in [5.74, 6) is 0.232. The van der Waals surface area contributed by atoms with Gasteiger partial charge in [0.1, 0.15) is 0 Å². The molecule has 0 saturated carbocycles. The number of hydrogen-bond donors (Lipinski definition) is 1. The molecule has 1 N–H and O–H groups in total. The van der Waals surface area contributed by atoms with Gasteiger partial charge in [0.2, 0.25) is 0 Å². The second-order valence-electron chi connectivity index (χ2n) is 3.81. The molecule has 0 aliphatic heterocycles. The highest BCUT2D eigenvalue weighted by atomic mass is 32.2. The number of rotatable bonds is 3. The molecule has 2 rings (SSSR count). The second kappa shape index (κ2) is 5.21. The van der Waals surface area contributed by atoms with Gasteiger partial charge in [-0.3, -0.25) is 4.79 Å². The van der Waals surface area contributed by atoms with Crippen LogP contribution >= 0.6 is 11.8 Å². The molecule has 3 heteroatoms. The molecular formula is C13H15NOS. The van der Waals surface area contributed by atoms with Crippen LogP contribution in [0.25, 0.3) is 0 Å². The molecule has 0 atom stereocenters. The Hall–Kier alpha value is -1.22. The Balaban J connectivity index is 2.17. The lowest BCUT2D eigenvalue weighted by Crippen LogP contribution is -2.09. The highest BCUT2D eigenvalue weighted by Gasteiger charge is 2.10. The van der Waals surface area contributed by atoms with Crippen LogP contribution in [0.15, 0.2) is 40.9 Å². The molecule has 1 aromatic rings. The number of hydrogen-bond acceptors (Lipinski definition) is 3. The maximum Gasteiger partial charge on any atom is 0.157 e. The number of thioether (sulfide) groups is 1. The largest absolute Gasteiger partial charge is 0.358 e. The SMILES string of the molecule is CSc1ccccc1NC1=CC(=O)CCC1. The highest BCUT2D eigenvalue weighted by Crippen LogP contribution is 2.27. The first-order chi connectivity index (χ1) is 7.79. The maximum absolute atomic E-state index is 11.3. The topological polar surface area (TPSA) is 29.1 Å². The zero-order valence-electron chi connectivity index (χ0n) is 9.32. The molecule has 0 aromatic heterocycles. The number of para-hydroxylation sites is 1. The smallest absolute Gasteiger partial charge is 0.157 e. The van der Waals surface area contributed by atoms with Crippen LogP contribution in [0.2, 0.25) is 0 Å². The maximum atomic E-state index is 11.3. The van der Waals surface area contributed by atoms with Gasteiger partial charge in [0.05, 0.1) is 5.69 Å². The van der Waals surface area contributed by atoms with E-state index in [0.29, 0.717) is 6.42 Å². The molecule has 0 fully saturated rings. The van der Waals surface area contributed by atoms with Crippen molar-refractivity contribution < 1.29 is 4.79 Å². The summed E-state index contributed by atoms with van der Waals surface area (Å²) < 4.78 is 0. The second-order valence-corrected chi connectivity index (χ2v) is 4.66. The van der Waals surface area contributed by atoms with Crippen molar-refractivity contribution in [2.24, 2.45) is 0 Å². The van der Waals surface area contributed by atoms with E-state index in [9.17, 15) is 4.79 Å². The van der Waals surface area contributed by atoms with Gasteiger partial charge in [0, 0.05) is 23.1 Å². The highest BCUT2D eigenvalue weighted by molar-refractivity contribution is 7.98. The average molecular weight is 233 g/mol. The van der Waals surface area contributed by atoms with E-state index in [1.807, 2.05) is 18.2 Å². The molecule has 84 valence electrons. The molecule has 2 nitrogen and oxygen atoms in total. The summed E-state index contributed by atoms with van der Waals surface area (Å²) in [4.78, 5) is 12.5. The quantitative estimate of drug-likeness (QED) is 0.811. The summed E-state index contributed by atoms with van der Waals surface area (Å²) in [5.41, 5.74) is 2.13. The fourth-order valence-corrected chi connectivity index (χ4v) is 2.36. The van der Waals surface area contributed by atoms with Gasteiger partial charge >= 0.3 is 0 Å². The van der Waals surface area contributed by atoms with Crippen molar-refractivity contribution in [3.8, 4) is 0 Å². The Labute approximate surface area is 100 Å². The number of nitrogens with one attached hydrogen (secondary N) is 1. The predicted octanol–water partition coefficient (Wildman–Crippen LogP) is 3.46. The van der Waals surface area contributed by atoms with Crippen molar-refractivity contribution in [2.75, 3.05) is 11.6 Å². The molecule has 0 saturated heterocycles. The normalized spacial score (nSPS) is 15.8. The van der Waals surface area contributed by atoms with E-state index in [0.717, 1.165) is 24.2 Å². The zero-order chi connectivity index (χ0) is 11.4. The van der Waals surface area contributed by atoms with E-state index in [1.54, 1.807) is 17.8 Å². The van der Waals surface area contributed by atoms with Gasteiger partial charge < -0.3 is 5.32 Å². The van der Waals surface area contributed by atoms with Gasteiger partial charge in [-0.15, -0.1) is 11.8 Å². The van der Waals surface area contributed by atoms with Crippen molar-refractivity contribution in [1.29, 1.82) is 0 Å². The molecule has 0 bridgehead atoms. The minimum atomic E-state index is 0.232. The molecule has 0 heterocycles. The third-order valence-electron chi connectivity index (χ3n) is 2.61. The Kier molecular flexibility index (Phi) is 3.67. The molecule has 16 heavy (non-hydrogen) atoms. The lowest BCUT2D eigenvalue weighted by Gasteiger charge is -2.16. The summed E-state index contributed by atoms with van der Waals surface area (Å²) >= 11 is 1.71. The van der Waals surface area contributed by atoms with Crippen molar-refractivity contribution in [3.05, 3.63) is 36.0 Å². The standard InChI is InChI=1S/C13H15NOS/c1-16-13-8-3-2-7-12(13)14-10-5-4-6-11(15)9-10/h2-3,7-9,14H,4-6H2,1H3. The van der Waals surface area contributed by atoms with Crippen molar-refractivity contribution in [3.63, 3.8) is 0 Å². The van der Waals surface area contributed by atoms with Gasteiger partial charge in [-0.25, -0.2) is 0 Å².